The molecule has 1 N–H and O–H groups in total. The molecule has 0 unspecified atom stereocenters. The predicted molar refractivity (Wildman–Crippen MR) is 49.5 cm³/mol. The van der Waals surface area contributed by atoms with Crippen LogP contribution in [0.25, 0.3) is 10.9 Å². The number of rotatable bonds is 1. The normalized spacial score (nSPS) is 12.3. The summed E-state index contributed by atoms with van der Waals surface area (Å²) in [5, 5.41) is 6.27. The number of aryl methyl sites for hydroxylation is 1. The van der Waals surface area contributed by atoms with E-state index in [1.54, 1.807) is 6.07 Å². The molecule has 0 aliphatic heterocycles. The van der Waals surface area contributed by atoms with Crippen molar-refractivity contribution in [2.24, 2.45) is 0 Å². The molecule has 0 fully saturated rings. The van der Waals surface area contributed by atoms with Crippen molar-refractivity contribution in [3.05, 3.63) is 23.9 Å². The standard InChI is InChI=1S/C8H7BF3N2/c1-5-2-3-7-6(4-13-14-7)8(5)9(10,11)12/h2-4H,1H3,(H,13,14)/q-1. The second kappa shape index (κ2) is 2.77. The van der Waals surface area contributed by atoms with Crippen LogP contribution in [-0.2, 0) is 0 Å². The van der Waals surface area contributed by atoms with Gasteiger partial charge in [-0.2, -0.15) is 5.10 Å². The third-order valence-corrected chi connectivity index (χ3v) is 2.21. The molecule has 1 aromatic heterocycles. The lowest BCUT2D eigenvalue weighted by Crippen LogP contribution is -2.36. The van der Waals surface area contributed by atoms with Crippen LogP contribution in [0.4, 0.5) is 12.9 Å². The number of hydrogen-bond donors (Lipinski definition) is 1. The lowest BCUT2D eigenvalue weighted by atomic mass is 9.75. The Morgan fingerprint density at radius 2 is 2.00 bits per heavy atom. The maximum absolute atomic E-state index is 12.7. The van der Waals surface area contributed by atoms with Crippen LogP contribution in [0.1, 0.15) is 5.56 Å². The molecule has 6 heteroatoms. The van der Waals surface area contributed by atoms with Gasteiger partial charge in [-0.25, -0.2) is 0 Å². The van der Waals surface area contributed by atoms with E-state index in [0.717, 1.165) is 0 Å². The Labute approximate surface area is 78.2 Å². The minimum absolute atomic E-state index is 0.150. The molecule has 2 aromatic rings. The summed E-state index contributed by atoms with van der Waals surface area (Å²) in [6, 6.07) is 3.05. The van der Waals surface area contributed by atoms with Gasteiger partial charge in [0.2, 0.25) is 0 Å². The van der Waals surface area contributed by atoms with Gasteiger partial charge in [0.25, 0.3) is 0 Å². The number of benzene rings is 1. The van der Waals surface area contributed by atoms with Crippen molar-refractivity contribution in [2.75, 3.05) is 0 Å². The third kappa shape index (κ3) is 1.27. The van der Waals surface area contributed by atoms with Gasteiger partial charge in [0.05, 0.1) is 11.7 Å². The van der Waals surface area contributed by atoms with Gasteiger partial charge in [-0.1, -0.05) is 17.1 Å². The first-order chi connectivity index (χ1) is 6.50. The summed E-state index contributed by atoms with van der Waals surface area (Å²) in [6.45, 7) is -3.52. The van der Waals surface area contributed by atoms with Crippen molar-refractivity contribution in [1.29, 1.82) is 0 Å². The van der Waals surface area contributed by atoms with Crippen LogP contribution in [0.5, 0.6) is 0 Å². The van der Waals surface area contributed by atoms with E-state index in [0.29, 0.717) is 5.52 Å². The molecule has 0 spiro atoms. The number of aromatic amines is 1. The van der Waals surface area contributed by atoms with E-state index < -0.39 is 12.4 Å². The number of halogens is 3. The van der Waals surface area contributed by atoms with Gasteiger partial charge < -0.3 is 12.9 Å². The van der Waals surface area contributed by atoms with Crippen molar-refractivity contribution < 1.29 is 12.9 Å². The summed E-state index contributed by atoms with van der Waals surface area (Å²) in [5.74, 6) is 0. The Morgan fingerprint density at radius 3 is 2.64 bits per heavy atom. The molecular weight excluding hydrogens is 192 g/mol. The molecule has 2 nitrogen and oxygen atoms in total. The van der Waals surface area contributed by atoms with Crippen molar-refractivity contribution in [1.82, 2.24) is 10.2 Å². The first-order valence-corrected chi connectivity index (χ1v) is 4.12. The number of aromatic nitrogens is 2. The fraction of sp³-hybridized carbons (Fsp3) is 0.125. The summed E-state index contributed by atoms with van der Waals surface area (Å²) >= 11 is 0. The molecule has 0 bridgehead atoms. The summed E-state index contributed by atoms with van der Waals surface area (Å²) in [6.07, 6.45) is 1.22. The zero-order valence-corrected chi connectivity index (χ0v) is 7.39. The number of hydrogen-bond acceptors (Lipinski definition) is 1. The van der Waals surface area contributed by atoms with Gasteiger partial charge in [-0.15, -0.1) is 0 Å². The van der Waals surface area contributed by atoms with Gasteiger partial charge in [-0.05, 0) is 18.4 Å². The molecule has 0 amide bonds. The molecule has 0 aliphatic carbocycles. The fourth-order valence-corrected chi connectivity index (χ4v) is 1.58. The van der Waals surface area contributed by atoms with Crippen LogP contribution < -0.4 is 5.46 Å². The first kappa shape index (κ1) is 9.11. The lowest BCUT2D eigenvalue weighted by Gasteiger charge is -2.18. The molecule has 14 heavy (non-hydrogen) atoms. The zero-order chi connectivity index (χ0) is 10.3. The molecule has 0 aliphatic rings. The van der Waals surface area contributed by atoms with E-state index in [1.807, 2.05) is 0 Å². The number of fused-ring (bicyclic) bond motifs is 1. The quantitative estimate of drug-likeness (QED) is 0.698. The predicted octanol–water partition coefficient (Wildman–Crippen LogP) is 1.93. The molecule has 0 atom stereocenters. The Balaban J connectivity index is 2.83. The topological polar surface area (TPSA) is 28.7 Å². The molecule has 1 aromatic carbocycles. The van der Waals surface area contributed by atoms with E-state index in [9.17, 15) is 12.9 Å². The second-order valence-electron chi connectivity index (χ2n) is 3.20. The Hall–Kier alpha value is -1.46. The number of H-pyrrole nitrogens is 1. The minimum atomic E-state index is -4.97. The Morgan fingerprint density at radius 1 is 1.29 bits per heavy atom. The SMILES string of the molecule is Cc1ccc2[nH]ncc2c1[B-](F)(F)F. The molecule has 0 radical (unpaired) electrons. The van der Waals surface area contributed by atoms with E-state index in [4.69, 9.17) is 0 Å². The van der Waals surface area contributed by atoms with Crippen LogP contribution in [-0.4, -0.2) is 17.2 Å². The van der Waals surface area contributed by atoms with Crippen LogP contribution in [0.15, 0.2) is 18.3 Å². The van der Waals surface area contributed by atoms with Crippen molar-refractivity contribution in [2.45, 2.75) is 6.92 Å². The van der Waals surface area contributed by atoms with Crippen molar-refractivity contribution in [3.63, 3.8) is 0 Å². The molecule has 0 saturated carbocycles. The Kier molecular flexibility index (Phi) is 1.80. The van der Waals surface area contributed by atoms with Gasteiger partial charge in [0.15, 0.2) is 0 Å². The highest BCUT2D eigenvalue weighted by Gasteiger charge is 2.29. The highest BCUT2D eigenvalue weighted by Crippen LogP contribution is 2.18. The van der Waals surface area contributed by atoms with E-state index in [1.165, 1.54) is 19.2 Å². The third-order valence-electron chi connectivity index (χ3n) is 2.21. The summed E-state index contributed by atoms with van der Waals surface area (Å²) in [5.41, 5.74) is 0.118. The molecule has 0 saturated heterocycles. The number of nitrogens with one attached hydrogen (secondary N) is 1. The second-order valence-corrected chi connectivity index (χ2v) is 3.20. The summed E-state index contributed by atoms with van der Waals surface area (Å²) in [7, 11) is 0. The zero-order valence-electron chi connectivity index (χ0n) is 7.39. The molecular formula is C8H7BF3N2-. The largest absolute Gasteiger partial charge is 0.510 e. The van der Waals surface area contributed by atoms with Crippen molar-refractivity contribution in [3.8, 4) is 0 Å². The maximum atomic E-state index is 12.7. The average Bonchev–Trinajstić information content (AvgIpc) is 2.48. The highest BCUT2D eigenvalue weighted by atomic mass is 19.4. The monoisotopic (exact) mass is 199 g/mol. The highest BCUT2D eigenvalue weighted by molar-refractivity contribution is 6.76. The van der Waals surface area contributed by atoms with Gasteiger partial charge in [0.1, 0.15) is 0 Å². The Bertz CT molecular complexity index is 475. The maximum Gasteiger partial charge on any atom is 0.510 e. The smallest absolute Gasteiger partial charge is 0.445 e. The van der Waals surface area contributed by atoms with E-state index in [-0.39, 0.29) is 10.9 Å². The lowest BCUT2D eigenvalue weighted by molar-refractivity contribution is 0.501. The fourth-order valence-electron chi connectivity index (χ4n) is 1.58. The van der Waals surface area contributed by atoms with Crippen LogP contribution >= 0.6 is 0 Å². The van der Waals surface area contributed by atoms with E-state index in [2.05, 4.69) is 10.2 Å². The van der Waals surface area contributed by atoms with Crippen LogP contribution in [0.3, 0.4) is 0 Å². The molecule has 1 heterocycles. The van der Waals surface area contributed by atoms with Crippen molar-refractivity contribution >= 4 is 23.3 Å². The molecule has 2 rings (SSSR count). The average molecular weight is 199 g/mol. The van der Waals surface area contributed by atoms with Crippen LogP contribution in [0.2, 0.25) is 0 Å². The molecule has 74 valence electrons. The van der Waals surface area contributed by atoms with Gasteiger partial charge in [-0.3, -0.25) is 5.10 Å². The van der Waals surface area contributed by atoms with Gasteiger partial charge in [0, 0.05) is 0 Å². The summed E-state index contributed by atoms with van der Waals surface area (Å²) in [4.78, 5) is 0. The first-order valence-electron chi connectivity index (χ1n) is 4.12. The summed E-state index contributed by atoms with van der Waals surface area (Å²) < 4.78 is 38.0. The van der Waals surface area contributed by atoms with Crippen LogP contribution in [0, 0.1) is 6.92 Å². The minimum Gasteiger partial charge on any atom is -0.445 e. The van der Waals surface area contributed by atoms with Gasteiger partial charge >= 0.3 is 6.98 Å². The number of nitrogens with zero attached hydrogens (tertiary/aromatic N) is 1. The van der Waals surface area contributed by atoms with E-state index >= 15 is 0 Å².